The number of rotatable bonds is 6. The molecule has 1 aliphatic carbocycles. The molecule has 0 aliphatic heterocycles. The van der Waals surface area contributed by atoms with E-state index in [1.165, 1.54) is 17.2 Å². The van der Waals surface area contributed by atoms with Crippen LogP contribution in [0.15, 0.2) is 78.9 Å². The highest BCUT2D eigenvalue weighted by molar-refractivity contribution is 5.87. The summed E-state index contributed by atoms with van der Waals surface area (Å²) in [4.78, 5) is 23.6. The highest BCUT2D eigenvalue weighted by Crippen LogP contribution is 2.44. The number of nitrogens with zero attached hydrogens (tertiary/aromatic N) is 1. The summed E-state index contributed by atoms with van der Waals surface area (Å²) >= 11 is 0. The van der Waals surface area contributed by atoms with Crippen LogP contribution in [-0.2, 0) is 11.3 Å². The highest BCUT2D eigenvalue weighted by Gasteiger charge is 2.29. The van der Waals surface area contributed by atoms with Crippen molar-refractivity contribution in [2.75, 3.05) is 6.61 Å². The third kappa shape index (κ3) is 3.96. The molecule has 0 saturated heterocycles. The Morgan fingerprint density at radius 2 is 1.52 bits per heavy atom. The lowest BCUT2D eigenvalue weighted by atomic mass is 9.98. The molecule has 7 heteroatoms. The molecule has 1 aromatic heterocycles. The van der Waals surface area contributed by atoms with Gasteiger partial charge in [0.1, 0.15) is 12.3 Å². The van der Waals surface area contributed by atoms with Gasteiger partial charge in [0.15, 0.2) is 0 Å². The minimum absolute atomic E-state index is 0.00398. The quantitative estimate of drug-likeness (QED) is 0.400. The first kappa shape index (κ1) is 20.5. The fourth-order valence-electron chi connectivity index (χ4n) is 4.31. The maximum Gasteiger partial charge on any atom is 0.407 e. The molecule has 3 N–H and O–H groups in total. The monoisotopic (exact) mass is 439 g/mol. The minimum atomic E-state index is -1.08. The van der Waals surface area contributed by atoms with E-state index in [9.17, 15) is 9.59 Å². The van der Waals surface area contributed by atoms with Crippen LogP contribution in [-0.4, -0.2) is 34.0 Å². The van der Waals surface area contributed by atoms with E-state index in [1.807, 2.05) is 48.5 Å². The Bertz CT molecular complexity index is 1300. The van der Waals surface area contributed by atoms with Crippen LogP contribution in [0.2, 0.25) is 0 Å². The summed E-state index contributed by atoms with van der Waals surface area (Å²) in [5, 5.41) is 18.5. The Balaban J connectivity index is 1.26. The summed E-state index contributed by atoms with van der Waals surface area (Å²) in [6, 6.07) is 25.2. The van der Waals surface area contributed by atoms with Gasteiger partial charge in [0.25, 0.3) is 0 Å². The molecule has 1 heterocycles. The SMILES string of the molecule is O=C(NCc1ccccc1-c1cc(C(=O)O)[nH]n1)OCC1c2ccccc2-c2ccccc21. The topological polar surface area (TPSA) is 104 Å². The molecule has 0 saturated carbocycles. The van der Waals surface area contributed by atoms with E-state index in [2.05, 4.69) is 39.8 Å². The molecule has 5 rings (SSSR count). The van der Waals surface area contributed by atoms with Gasteiger partial charge in [-0.15, -0.1) is 0 Å². The highest BCUT2D eigenvalue weighted by atomic mass is 16.5. The van der Waals surface area contributed by atoms with E-state index in [-0.39, 0.29) is 24.8 Å². The Morgan fingerprint density at radius 1 is 0.909 bits per heavy atom. The summed E-state index contributed by atoms with van der Waals surface area (Å²) in [5.74, 6) is -1.09. The van der Waals surface area contributed by atoms with Gasteiger partial charge >= 0.3 is 12.1 Å². The van der Waals surface area contributed by atoms with Crippen LogP contribution in [0, 0.1) is 0 Å². The van der Waals surface area contributed by atoms with Crippen LogP contribution in [0.5, 0.6) is 0 Å². The van der Waals surface area contributed by atoms with Gasteiger partial charge < -0.3 is 15.2 Å². The van der Waals surface area contributed by atoms with E-state index in [4.69, 9.17) is 9.84 Å². The lowest BCUT2D eigenvalue weighted by molar-refractivity contribution is 0.0690. The largest absolute Gasteiger partial charge is 0.477 e. The number of ether oxygens (including phenoxy) is 1. The van der Waals surface area contributed by atoms with Gasteiger partial charge in [0.2, 0.25) is 0 Å². The van der Waals surface area contributed by atoms with E-state index in [0.29, 0.717) is 5.69 Å². The second kappa shape index (κ2) is 8.63. The fraction of sp³-hybridized carbons (Fsp3) is 0.115. The summed E-state index contributed by atoms with van der Waals surface area (Å²) in [6.07, 6.45) is -0.514. The lowest BCUT2D eigenvalue weighted by Crippen LogP contribution is -2.25. The summed E-state index contributed by atoms with van der Waals surface area (Å²) in [7, 11) is 0. The molecular weight excluding hydrogens is 418 g/mol. The number of carboxylic acids is 1. The predicted octanol–water partition coefficient (Wildman–Crippen LogP) is 4.81. The molecule has 0 bridgehead atoms. The first-order valence-corrected chi connectivity index (χ1v) is 10.6. The molecule has 33 heavy (non-hydrogen) atoms. The van der Waals surface area contributed by atoms with Crippen molar-refractivity contribution in [3.8, 4) is 22.4 Å². The van der Waals surface area contributed by atoms with Crippen molar-refractivity contribution in [1.29, 1.82) is 0 Å². The van der Waals surface area contributed by atoms with Crippen molar-refractivity contribution in [3.63, 3.8) is 0 Å². The number of hydrogen-bond acceptors (Lipinski definition) is 4. The summed E-state index contributed by atoms with van der Waals surface area (Å²) in [6.45, 7) is 0.463. The van der Waals surface area contributed by atoms with Crippen LogP contribution in [0.25, 0.3) is 22.4 Å². The molecule has 1 amide bonds. The van der Waals surface area contributed by atoms with Crippen molar-refractivity contribution in [2.45, 2.75) is 12.5 Å². The molecule has 0 spiro atoms. The summed E-state index contributed by atoms with van der Waals surface area (Å²) < 4.78 is 5.59. The number of benzene rings is 3. The van der Waals surface area contributed by atoms with E-state index in [0.717, 1.165) is 22.3 Å². The van der Waals surface area contributed by atoms with Gasteiger partial charge in [-0.2, -0.15) is 5.10 Å². The molecule has 164 valence electrons. The van der Waals surface area contributed by atoms with Crippen molar-refractivity contribution in [3.05, 3.63) is 101 Å². The molecule has 0 radical (unpaired) electrons. The Morgan fingerprint density at radius 3 is 2.15 bits per heavy atom. The smallest absolute Gasteiger partial charge is 0.407 e. The number of carbonyl (C=O) groups excluding carboxylic acids is 1. The van der Waals surface area contributed by atoms with Crippen LogP contribution in [0.1, 0.15) is 33.1 Å². The maximum absolute atomic E-state index is 12.5. The van der Waals surface area contributed by atoms with Gasteiger partial charge in [-0.25, -0.2) is 9.59 Å². The number of H-pyrrole nitrogens is 1. The molecule has 0 unspecified atom stereocenters. The molecule has 0 atom stereocenters. The number of aromatic carboxylic acids is 1. The van der Waals surface area contributed by atoms with Gasteiger partial charge in [-0.3, -0.25) is 5.10 Å². The van der Waals surface area contributed by atoms with Crippen LogP contribution < -0.4 is 5.32 Å². The average molecular weight is 439 g/mol. The second-order valence-corrected chi connectivity index (χ2v) is 7.81. The molecule has 3 aromatic carbocycles. The Labute approximate surface area is 190 Å². The average Bonchev–Trinajstić information content (AvgIpc) is 3.45. The third-order valence-electron chi connectivity index (χ3n) is 5.87. The Kier molecular flexibility index (Phi) is 5.36. The number of alkyl carbamates (subject to hydrolysis) is 1. The predicted molar refractivity (Wildman–Crippen MR) is 123 cm³/mol. The number of aromatic amines is 1. The maximum atomic E-state index is 12.5. The van der Waals surface area contributed by atoms with Crippen molar-refractivity contribution >= 4 is 12.1 Å². The molecule has 4 aromatic rings. The van der Waals surface area contributed by atoms with Crippen molar-refractivity contribution in [1.82, 2.24) is 15.5 Å². The van der Waals surface area contributed by atoms with Gasteiger partial charge in [0, 0.05) is 18.0 Å². The van der Waals surface area contributed by atoms with Crippen LogP contribution in [0.4, 0.5) is 4.79 Å². The number of carboxylic acid groups (broad SMARTS) is 1. The number of amides is 1. The zero-order valence-electron chi connectivity index (χ0n) is 17.6. The fourth-order valence-corrected chi connectivity index (χ4v) is 4.31. The number of aromatic nitrogens is 2. The minimum Gasteiger partial charge on any atom is -0.477 e. The number of carbonyl (C=O) groups is 2. The number of nitrogens with one attached hydrogen (secondary N) is 2. The summed E-state index contributed by atoms with van der Waals surface area (Å²) in [5.41, 5.74) is 6.71. The van der Waals surface area contributed by atoms with E-state index < -0.39 is 12.1 Å². The first-order chi connectivity index (χ1) is 16.1. The lowest BCUT2D eigenvalue weighted by Gasteiger charge is -2.15. The van der Waals surface area contributed by atoms with E-state index >= 15 is 0 Å². The van der Waals surface area contributed by atoms with Crippen molar-refractivity contribution < 1.29 is 19.4 Å². The molecular formula is C26H21N3O4. The van der Waals surface area contributed by atoms with Gasteiger partial charge in [-0.05, 0) is 33.9 Å². The van der Waals surface area contributed by atoms with Crippen molar-refractivity contribution in [2.24, 2.45) is 0 Å². The first-order valence-electron chi connectivity index (χ1n) is 10.6. The number of hydrogen-bond donors (Lipinski definition) is 3. The number of fused-ring (bicyclic) bond motifs is 3. The van der Waals surface area contributed by atoms with Crippen LogP contribution >= 0.6 is 0 Å². The van der Waals surface area contributed by atoms with Gasteiger partial charge in [-0.1, -0.05) is 72.8 Å². The van der Waals surface area contributed by atoms with Crippen LogP contribution in [0.3, 0.4) is 0 Å². The normalized spacial score (nSPS) is 12.1. The molecule has 0 fully saturated rings. The van der Waals surface area contributed by atoms with E-state index in [1.54, 1.807) is 0 Å². The van der Waals surface area contributed by atoms with Gasteiger partial charge in [0.05, 0.1) is 5.69 Å². The second-order valence-electron chi connectivity index (χ2n) is 7.81. The zero-order valence-corrected chi connectivity index (χ0v) is 17.6. The zero-order chi connectivity index (χ0) is 22.8. The third-order valence-corrected chi connectivity index (χ3v) is 5.87. The molecule has 7 nitrogen and oxygen atoms in total. The Hall–Kier alpha value is -4.39. The standard InChI is InChI=1S/C26H21N3O4/c30-25(31)24-13-23(28-29-24)17-8-2-1-7-16(17)14-27-26(32)33-15-22-20-11-5-3-9-18(20)19-10-4-6-12-21(19)22/h1-13,22H,14-15H2,(H,27,32)(H,28,29)(H,30,31). The molecule has 1 aliphatic rings.